The maximum Gasteiger partial charge on any atom is 0.243 e. The van der Waals surface area contributed by atoms with E-state index in [1.807, 2.05) is 55.5 Å². The molecule has 206 valence electrons. The Balaban J connectivity index is 1.33. The maximum atomic E-state index is 13.4. The third kappa shape index (κ3) is 6.35. The van der Waals surface area contributed by atoms with Crippen LogP contribution < -0.4 is 10.6 Å². The Labute approximate surface area is 233 Å². The number of sulfonamides is 1. The first-order valence-electron chi connectivity index (χ1n) is 13.1. The van der Waals surface area contributed by atoms with E-state index in [-0.39, 0.29) is 23.9 Å². The van der Waals surface area contributed by atoms with Crippen molar-refractivity contribution < 1.29 is 17.6 Å². The van der Waals surface area contributed by atoms with Crippen LogP contribution in [0.1, 0.15) is 29.5 Å². The Morgan fingerprint density at radius 2 is 1.80 bits per heavy atom. The van der Waals surface area contributed by atoms with Crippen LogP contribution in [0.25, 0.3) is 11.3 Å². The number of benzene rings is 2. The molecule has 1 saturated heterocycles. The maximum absolute atomic E-state index is 13.4. The highest BCUT2D eigenvalue weighted by Gasteiger charge is 2.39. The average molecular weight is 560 g/mol. The number of anilines is 1. The molecule has 1 fully saturated rings. The van der Waals surface area contributed by atoms with E-state index >= 15 is 0 Å². The number of pyridine rings is 2. The molecule has 1 amide bonds. The van der Waals surface area contributed by atoms with Gasteiger partial charge in [-0.1, -0.05) is 35.9 Å². The minimum absolute atomic E-state index is 0.0326. The van der Waals surface area contributed by atoms with E-state index in [1.54, 1.807) is 12.4 Å². The van der Waals surface area contributed by atoms with Crippen LogP contribution in [0.3, 0.4) is 0 Å². The fourth-order valence-corrected chi connectivity index (χ4v) is 6.34. The molecule has 5 rings (SSSR count). The van der Waals surface area contributed by atoms with Gasteiger partial charge in [-0.25, -0.2) is 17.8 Å². The van der Waals surface area contributed by atoms with E-state index in [1.165, 1.54) is 16.4 Å². The lowest BCUT2D eigenvalue weighted by atomic mass is 10.1. The van der Waals surface area contributed by atoms with Gasteiger partial charge in [-0.2, -0.15) is 4.31 Å². The molecule has 2 N–H and O–H groups in total. The summed E-state index contributed by atoms with van der Waals surface area (Å²) in [5, 5.41) is 6.26. The molecular formula is C30H30FN5O3S. The smallest absolute Gasteiger partial charge is 0.243 e. The second-order valence-corrected chi connectivity index (χ2v) is 11.7. The molecule has 2 aromatic carbocycles. The van der Waals surface area contributed by atoms with Gasteiger partial charge in [0.2, 0.25) is 15.9 Å². The third-order valence-corrected chi connectivity index (χ3v) is 8.74. The first-order valence-corrected chi connectivity index (χ1v) is 14.5. The van der Waals surface area contributed by atoms with Crippen LogP contribution in [0.5, 0.6) is 0 Å². The molecule has 0 unspecified atom stereocenters. The highest BCUT2D eigenvalue weighted by molar-refractivity contribution is 7.89. The molecule has 4 aromatic rings. The van der Waals surface area contributed by atoms with E-state index < -0.39 is 21.9 Å². The molecule has 8 nitrogen and oxygen atoms in total. The second-order valence-electron chi connectivity index (χ2n) is 9.77. The SMILES string of the molecule is Cc1ccc(-c2cc(CNC(=O)[C@@H]3CCCN3S(=O)(=O)c3ccc(F)cc3)cc(NCc3cccnc3)n2)cc1. The van der Waals surface area contributed by atoms with Gasteiger partial charge in [-0.15, -0.1) is 0 Å². The number of nitrogens with zero attached hydrogens (tertiary/aromatic N) is 3. The molecule has 0 spiro atoms. The molecule has 1 aliphatic rings. The van der Waals surface area contributed by atoms with Gasteiger partial charge in [0.05, 0.1) is 10.6 Å². The van der Waals surface area contributed by atoms with Crippen LogP contribution in [0.2, 0.25) is 0 Å². The molecule has 0 radical (unpaired) electrons. The normalized spacial score (nSPS) is 15.6. The van der Waals surface area contributed by atoms with E-state index in [2.05, 4.69) is 15.6 Å². The lowest BCUT2D eigenvalue weighted by molar-refractivity contribution is -0.124. The van der Waals surface area contributed by atoms with Crippen molar-refractivity contribution >= 4 is 21.7 Å². The van der Waals surface area contributed by atoms with Crippen molar-refractivity contribution in [1.82, 2.24) is 19.6 Å². The number of hydrogen-bond donors (Lipinski definition) is 2. The van der Waals surface area contributed by atoms with Crippen molar-refractivity contribution in [1.29, 1.82) is 0 Å². The number of nitrogens with one attached hydrogen (secondary N) is 2. The van der Waals surface area contributed by atoms with Gasteiger partial charge in [-0.05, 0) is 73.4 Å². The lowest BCUT2D eigenvalue weighted by Crippen LogP contribution is -2.45. The van der Waals surface area contributed by atoms with E-state index in [9.17, 15) is 17.6 Å². The zero-order chi connectivity index (χ0) is 28.1. The Hall–Kier alpha value is -4.15. The van der Waals surface area contributed by atoms with Gasteiger partial charge >= 0.3 is 0 Å². The molecule has 2 aromatic heterocycles. The molecule has 0 aliphatic carbocycles. The number of aryl methyl sites for hydroxylation is 1. The van der Waals surface area contributed by atoms with Gasteiger partial charge in [0.15, 0.2) is 0 Å². The van der Waals surface area contributed by atoms with Crippen molar-refractivity contribution in [2.24, 2.45) is 0 Å². The van der Waals surface area contributed by atoms with Crippen molar-refractivity contribution in [3.63, 3.8) is 0 Å². The predicted octanol–water partition coefficient (Wildman–Crippen LogP) is 4.67. The topological polar surface area (TPSA) is 104 Å². The molecule has 40 heavy (non-hydrogen) atoms. The standard InChI is InChI=1S/C30H30FN5O3S/c1-21-6-8-24(9-7-21)27-16-23(17-29(35-27)33-19-22-4-2-14-32-18-22)20-34-30(37)28-5-3-15-36(28)40(38,39)26-12-10-25(31)11-13-26/h2,4,6-14,16-18,28H,3,5,15,19-20H2,1H3,(H,33,35)(H,34,37)/t28-/m0/s1. The number of rotatable bonds is 9. The highest BCUT2D eigenvalue weighted by atomic mass is 32.2. The van der Waals surface area contributed by atoms with E-state index in [0.717, 1.165) is 40.1 Å². The zero-order valence-electron chi connectivity index (χ0n) is 22.0. The Morgan fingerprint density at radius 3 is 2.52 bits per heavy atom. The van der Waals surface area contributed by atoms with E-state index in [4.69, 9.17) is 4.98 Å². The van der Waals surface area contributed by atoms with Crippen LogP contribution in [0, 0.1) is 12.7 Å². The number of carbonyl (C=O) groups is 1. The monoisotopic (exact) mass is 559 g/mol. The summed E-state index contributed by atoms with van der Waals surface area (Å²) in [7, 11) is -3.94. The van der Waals surface area contributed by atoms with Gasteiger partial charge in [-0.3, -0.25) is 9.78 Å². The van der Waals surface area contributed by atoms with Gasteiger partial charge in [0, 0.05) is 37.6 Å². The minimum Gasteiger partial charge on any atom is -0.366 e. The predicted molar refractivity (Wildman–Crippen MR) is 151 cm³/mol. The van der Waals surface area contributed by atoms with Crippen LogP contribution in [-0.2, 0) is 27.9 Å². The Kier molecular flexibility index (Phi) is 8.18. The number of carbonyl (C=O) groups excluding carboxylic acids is 1. The summed E-state index contributed by atoms with van der Waals surface area (Å²) in [5.41, 5.74) is 4.65. The fraction of sp³-hybridized carbons (Fsp3) is 0.233. The molecular weight excluding hydrogens is 529 g/mol. The van der Waals surface area contributed by atoms with Gasteiger partial charge in [0.1, 0.15) is 17.7 Å². The summed E-state index contributed by atoms with van der Waals surface area (Å²) in [5.74, 6) is -0.249. The first kappa shape index (κ1) is 27.4. The fourth-order valence-electron chi connectivity index (χ4n) is 4.69. The number of halogens is 1. The Morgan fingerprint density at radius 1 is 1.02 bits per heavy atom. The largest absolute Gasteiger partial charge is 0.366 e. The third-order valence-electron chi connectivity index (χ3n) is 6.82. The van der Waals surface area contributed by atoms with Crippen LogP contribution >= 0.6 is 0 Å². The van der Waals surface area contributed by atoms with Crippen molar-refractivity contribution in [2.75, 3.05) is 11.9 Å². The Bertz CT molecular complexity index is 1580. The molecule has 3 heterocycles. The molecule has 0 saturated carbocycles. The number of amides is 1. The molecule has 10 heteroatoms. The lowest BCUT2D eigenvalue weighted by Gasteiger charge is -2.23. The number of hydrogen-bond acceptors (Lipinski definition) is 6. The van der Waals surface area contributed by atoms with Gasteiger partial charge in [0.25, 0.3) is 0 Å². The first-order chi connectivity index (χ1) is 19.3. The number of aromatic nitrogens is 2. The van der Waals surface area contributed by atoms with Crippen molar-refractivity contribution in [3.8, 4) is 11.3 Å². The van der Waals surface area contributed by atoms with Crippen LogP contribution in [0.15, 0.2) is 90.1 Å². The van der Waals surface area contributed by atoms with Crippen LogP contribution in [0.4, 0.5) is 10.2 Å². The molecule has 0 bridgehead atoms. The summed E-state index contributed by atoms with van der Waals surface area (Å²) in [6.07, 6.45) is 4.48. The highest BCUT2D eigenvalue weighted by Crippen LogP contribution is 2.27. The second kappa shape index (κ2) is 11.9. The average Bonchev–Trinajstić information content (AvgIpc) is 3.47. The quantitative estimate of drug-likeness (QED) is 0.309. The van der Waals surface area contributed by atoms with Gasteiger partial charge < -0.3 is 10.6 Å². The summed E-state index contributed by atoms with van der Waals surface area (Å²) >= 11 is 0. The minimum atomic E-state index is -3.94. The summed E-state index contributed by atoms with van der Waals surface area (Å²) < 4.78 is 41.0. The van der Waals surface area contributed by atoms with Crippen molar-refractivity contribution in [2.45, 2.75) is 43.8 Å². The van der Waals surface area contributed by atoms with Crippen LogP contribution in [-0.4, -0.2) is 41.2 Å². The zero-order valence-corrected chi connectivity index (χ0v) is 22.9. The van der Waals surface area contributed by atoms with Crippen molar-refractivity contribution in [3.05, 3.63) is 108 Å². The van der Waals surface area contributed by atoms with E-state index in [0.29, 0.717) is 25.2 Å². The summed E-state index contributed by atoms with van der Waals surface area (Å²) in [6, 6.07) is 19.5. The molecule has 1 aliphatic heterocycles. The molecule has 1 atom stereocenters. The summed E-state index contributed by atoms with van der Waals surface area (Å²) in [4.78, 5) is 22.1. The summed E-state index contributed by atoms with van der Waals surface area (Å²) in [6.45, 7) is 2.98.